The Morgan fingerprint density at radius 2 is 1.82 bits per heavy atom. The minimum absolute atomic E-state index is 0.184. The molecule has 4 nitrogen and oxygen atoms in total. The van der Waals surface area contributed by atoms with Crippen molar-refractivity contribution >= 4 is 23.2 Å². The molecule has 0 unspecified atom stereocenters. The van der Waals surface area contributed by atoms with E-state index in [1.165, 1.54) is 0 Å². The zero-order chi connectivity index (χ0) is 15.4. The van der Waals surface area contributed by atoms with E-state index >= 15 is 0 Å². The number of anilines is 1. The van der Waals surface area contributed by atoms with Crippen LogP contribution in [-0.4, -0.2) is 15.7 Å². The number of para-hydroxylation sites is 1. The van der Waals surface area contributed by atoms with Gasteiger partial charge in [-0.25, -0.2) is 0 Å². The topological polar surface area (TPSA) is 46.9 Å². The molecule has 2 aromatic carbocycles. The maximum atomic E-state index is 12.2. The van der Waals surface area contributed by atoms with Crippen LogP contribution in [0, 0.1) is 0 Å². The van der Waals surface area contributed by atoms with Gasteiger partial charge in [-0.15, -0.1) is 0 Å². The van der Waals surface area contributed by atoms with Crippen LogP contribution in [0.25, 0.3) is 0 Å². The van der Waals surface area contributed by atoms with Gasteiger partial charge >= 0.3 is 0 Å². The number of hydrogen-bond donors (Lipinski definition) is 1. The summed E-state index contributed by atoms with van der Waals surface area (Å²) in [7, 11) is 0. The predicted octanol–water partition coefficient (Wildman–Crippen LogP) is 3.84. The minimum Gasteiger partial charge on any atom is -0.322 e. The lowest BCUT2D eigenvalue weighted by molar-refractivity contribution is 0.102. The Morgan fingerprint density at radius 1 is 1.09 bits per heavy atom. The van der Waals surface area contributed by atoms with Gasteiger partial charge in [0.15, 0.2) is 0 Å². The zero-order valence-corrected chi connectivity index (χ0v) is 12.5. The number of rotatable bonds is 4. The van der Waals surface area contributed by atoms with Gasteiger partial charge in [-0.1, -0.05) is 48.0 Å². The van der Waals surface area contributed by atoms with Crippen LogP contribution in [0.15, 0.2) is 67.0 Å². The van der Waals surface area contributed by atoms with Crippen LogP contribution in [-0.2, 0) is 6.54 Å². The average Bonchev–Trinajstić information content (AvgIpc) is 2.99. The molecule has 0 fully saturated rings. The van der Waals surface area contributed by atoms with Crippen LogP contribution in [0.1, 0.15) is 15.9 Å². The average molecular weight is 312 g/mol. The van der Waals surface area contributed by atoms with Gasteiger partial charge in [-0.2, -0.15) is 5.10 Å². The Balaban J connectivity index is 1.71. The molecular weight excluding hydrogens is 298 g/mol. The SMILES string of the molecule is O=C(Nc1ccccc1)c1cnn(Cc2ccccc2Cl)c1. The molecule has 0 aliphatic heterocycles. The third-order valence-corrected chi connectivity index (χ3v) is 3.59. The van der Waals surface area contributed by atoms with Crippen LogP contribution in [0.5, 0.6) is 0 Å². The first-order valence-corrected chi connectivity index (χ1v) is 7.22. The van der Waals surface area contributed by atoms with Crippen molar-refractivity contribution in [2.24, 2.45) is 0 Å². The van der Waals surface area contributed by atoms with Crippen molar-refractivity contribution in [3.63, 3.8) is 0 Å². The fourth-order valence-electron chi connectivity index (χ4n) is 2.09. The Hall–Kier alpha value is -2.59. The molecule has 22 heavy (non-hydrogen) atoms. The van der Waals surface area contributed by atoms with E-state index < -0.39 is 0 Å². The number of aromatic nitrogens is 2. The van der Waals surface area contributed by atoms with Crippen molar-refractivity contribution in [3.05, 3.63) is 83.1 Å². The summed E-state index contributed by atoms with van der Waals surface area (Å²) in [6, 6.07) is 16.9. The summed E-state index contributed by atoms with van der Waals surface area (Å²) in [6.07, 6.45) is 3.26. The van der Waals surface area contributed by atoms with Crippen molar-refractivity contribution in [2.45, 2.75) is 6.54 Å². The maximum absolute atomic E-state index is 12.2. The second kappa shape index (κ2) is 6.45. The Labute approximate surface area is 133 Å². The van der Waals surface area contributed by atoms with Gasteiger partial charge in [0, 0.05) is 16.9 Å². The van der Waals surface area contributed by atoms with Gasteiger partial charge in [0.2, 0.25) is 0 Å². The van der Waals surface area contributed by atoms with E-state index in [-0.39, 0.29) is 5.91 Å². The van der Waals surface area contributed by atoms with Gasteiger partial charge in [0.1, 0.15) is 0 Å². The molecule has 1 heterocycles. The summed E-state index contributed by atoms with van der Waals surface area (Å²) >= 11 is 6.13. The number of halogens is 1. The quantitative estimate of drug-likeness (QED) is 0.796. The normalized spacial score (nSPS) is 10.4. The molecule has 0 aliphatic rings. The fraction of sp³-hybridized carbons (Fsp3) is 0.0588. The molecule has 1 aromatic heterocycles. The van der Waals surface area contributed by atoms with E-state index in [0.29, 0.717) is 17.1 Å². The van der Waals surface area contributed by atoms with Gasteiger partial charge in [0.05, 0.1) is 18.3 Å². The Morgan fingerprint density at radius 3 is 2.59 bits per heavy atom. The summed E-state index contributed by atoms with van der Waals surface area (Å²) in [5.74, 6) is -0.184. The highest BCUT2D eigenvalue weighted by Crippen LogP contribution is 2.16. The van der Waals surface area contributed by atoms with E-state index in [0.717, 1.165) is 11.3 Å². The maximum Gasteiger partial charge on any atom is 0.258 e. The highest BCUT2D eigenvalue weighted by Gasteiger charge is 2.09. The van der Waals surface area contributed by atoms with Crippen LogP contribution >= 0.6 is 11.6 Å². The fourth-order valence-corrected chi connectivity index (χ4v) is 2.29. The highest BCUT2D eigenvalue weighted by atomic mass is 35.5. The summed E-state index contributed by atoms with van der Waals surface area (Å²) < 4.78 is 1.70. The third-order valence-electron chi connectivity index (χ3n) is 3.22. The first kappa shape index (κ1) is 14.4. The number of nitrogens with one attached hydrogen (secondary N) is 1. The highest BCUT2D eigenvalue weighted by molar-refractivity contribution is 6.31. The number of benzene rings is 2. The van der Waals surface area contributed by atoms with Crippen molar-refractivity contribution < 1.29 is 4.79 Å². The number of amides is 1. The van der Waals surface area contributed by atoms with Crippen molar-refractivity contribution in [2.75, 3.05) is 5.32 Å². The van der Waals surface area contributed by atoms with Gasteiger partial charge in [0.25, 0.3) is 5.91 Å². The molecule has 1 N–H and O–H groups in total. The van der Waals surface area contributed by atoms with E-state index in [4.69, 9.17) is 11.6 Å². The Kier molecular flexibility index (Phi) is 4.21. The van der Waals surface area contributed by atoms with E-state index in [1.54, 1.807) is 17.1 Å². The molecule has 110 valence electrons. The monoisotopic (exact) mass is 311 g/mol. The first-order valence-electron chi connectivity index (χ1n) is 6.84. The van der Waals surface area contributed by atoms with Gasteiger partial charge in [-0.05, 0) is 23.8 Å². The second-order valence-corrected chi connectivity index (χ2v) is 5.25. The number of nitrogens with zero attached hydrogens (tertiary/aromatic N) is 2. The second-order valence-electron chi connectivity index (χ2n) is 4.84. The standard InChI is InChI=1S/C17H14ClN3O/c18-16-9-5-4-6-13(16)11-21-12-14(10-19-21)17(22)20-15-7-2-1-3-8-15/h1-10,12H,11H2,(H,20,22). The van der Waals surface area contributed by atoms with Crippen LogP contribution in [0.2, 0.25) is 5.02 Å². The van der Waals surface area contributed by atoms with Gasteiger partial charge in [-0.3, -0.25) is 9.48 Å². The zero-order valence-electron chi connectivity index (χ0n) is 11.7. The number of carbonyl (C=O) groups is 1. The van der Waals surface area contributed by atoms with Crippen molar-refractivity contribution in [1.29, 1.82) is 0 Å². The Bertz CT molecular complexity index is 783. The molecule has 0 radical (unpaired) electrons. The lowest BCUT2D eigenvalue weighted by Gasteiger charge is -2.04. The molecule has 1 amide bonds. The van der Waals surface area contributed by atoms with E-state index in [2.05, 4.69) is 10.4 Å². The molecule has 0 saturated carbocycles. The largest absolute Gasteiger partial charge is 0.322 e. The molecule has 0 spiro atoms. The van der Waals surface area contributed by atoms with Crippen molar-refractivity contribution in [1.82, 2.24) is 9.78 Å². The van der Waals surface area contributed by atoms with Crippen molar-refractivity contribution in [3.8, 4) is 0 Å². The summed E-state index contributed by atoms with van der Waals surface area (Å²) in [5.41, 5.74) is 2.23. The molecule has 3 rings (SSSR count). The molecule has 0 aliphatic carbocycles. The molecule has 0 bridgehead atoms. The van der Waals surface area contributed by atoms with Crippen LogP contribution in [0.3, 0.4) is 0 Å². The smallest absolute Gasteiger partial charge is 0.258 e. The predicted molar refractivity (Wildman–Crippen MR) is 87.2 cm³/mol. The number of hydrogen-bond acceptors (Lipinski definition) is 2. The van der Waals surface area contributed by atoms with Gasteiger partial charge < -0.3 is 5.32 Å². The lowest BCUT2D eigenvalue weighted by atomic mass is 10.2. The molecule has 0 saturated heterocycles. The minimum atomic E-state index is -0.184. The third kappa shape index (κ3) is 3.35. The molecule has 0 atom stereocenters. The van der Waals surface area contributed by atoms with E-state index in [9.17, 15) is 4.79 Å². The molecule has 3 aromatic rings. The van der Waals surface area contributed by atoms with Crippen LogP contribution in [0.4, 0.5) is 5.69 Å². The summed E-state index contributed by atoms with van der Waals surface area (Å²) in [5, 5.41) is 7.73. The molecule has 5 heteroatoms. The molecular formula is C17H14ClN3O. The van der Waals surface area contributed by atoms with E-state index in [1.807, 2.05) is 54.6 Å². The van der Waals surface area contributed by atoms with Crippen LogP contribution < -0.4 is 5.32 Å². The lowest BCUT2D eigenvalue weighted by Crippen LogP contribution is -2.11. The summed E-state index contributed by atoms with van der Waals surface area (Å²) in [6.45, 7) is 0.526. The first-order chi connectivity index (χ1) is 10.7. The number of carbonyl (C=O) groups excluding carboxylic acids is 1. The summed E-state index contributed by atoms with van der Waals surface area (Å²) in [4.78, 5) is 12.2.